The van der Waals surface area contributed by atoms with Crippen molar-refractivity contribution in [2.24, 2.45) is 0 Å². The number of likely N-dealkylation sites (N-methyl/N-ethyl adjacent to an activating group) is 1. The molecule has 0 saturated heterocycles. The lowest BCUT2D eigenvalue weighted by atomic mass is 10.1. The second-order valence-corrected chi connectivity index (χ2v) is 14.6. The Hall–Kier alpha value is -2.58. The summed E-state index contributed by atoms with van der Waals surface area (Å²) in [6.07, 6.45) is 44.9. The summed E-state index contributed by atoms with van der Waals surface area (Å²) >= 11 is 0. The number of rotatable bonds is 31. The minimum Gasteiger partial charge on any atom is -0.387 e. The van der Waals surface area contributed by atoms with Crippen molar-refractivity contribution in [1.29, 1.82) is 0 Å². The number of hydrogen-bond donors (Lipinski definition) is 3. The molecule has 0 aliphatic heterocycles. The van der Waals surface area contributed by atoms with Gasteiger partial charge in [0.2, 0.25) is 5.91 Å². The summed E-state index contributed by atoms with van der Waals surface area (Å²) in [5.41, 5.74) is 0. The normalized spacial score (nSPS) is 15.7. The number of allylic oxidation sites excluding steroid dienone is 15. The van der Waals surface area contributed by atoms with Gasteiger partial charge in [0, 0.05) is 6.42 Å². The fraction of sp³-hybridized carbons (Fsp3) is 0.585. The van der Waals surface area contributed by atoms with Crippen molar-refractivity contribution in [1.82, 2.24) is 5.32 Å². The Kier molecular flexibility index (Phi) is 30.7. The lowest BCUT2D eigenvalue weighted by Crippen LogP contribution is -2.45. The number of amides is 1. The second kappa shape index (κ2) is 32.3. The van der Waals surface area contributed by atoms with Crippen LogP contribution in [0.15, 0.2) is 97.2 Å². The Labute approximate surface area is 305 Å². The van der Waals surface area contributed by atoms with Gasteiger partial charge in [-0.15, -0.1) is 0 Å². The minimum atomic E-state index is -4.36. The number of nitrogens with zero attached hydrogens (tertiary/aromatic N) is 1. The van der Waals surface area contributed by atoms with Crippen LogP contribution in [-0.2, 0) is 18.4 Å². The second-order valence-electron chi connectivity index (χ2n) is 13.2. The molecule has 3 N–H and O–H groups in total. The summed E-state index contributed by atoms with van der Waals surface area (Å²) < 4.78 is 23.4. The van der Waals surface area contributed by atoms with E-state index in [-0.39, 0.29) is 25.5 Å². The summed E-state index contributed by atoms with van der Waals surface area (Å²) in [6.45, 7) is 4.49. The predicted octanol–water partition coefficient (Wildman–Crippen LogP) is 9.62. The first-order chi connectivity index (χ1) is 24.0. The maximum Gasteiger partial charge on any atom is 0.472 e. The summed E-state index contributed by atoms with van der Waals surface area (Å²) in [5.74, 6) is -0.256. The molecule has 0 heterocycles. The van der Waals surface area contributed by atoms with Crippen molar-refractivity contribution in [3.63, 3.8) is 0 Å². The van der Waals surface area contributed by atoms with Crippen LogP contribution in [0.5, 0.6) is 0 Å². The fourth-order valence-corrected chi connectivity index (χ4v) is 5.02. The molecule has 0 saturated carbocycles. The number of aliphatic hydroxyl groups excluding tert-OH is 1. The van der Waals surface area contributed by atoms with Crippen LogP contribution >= 0.6 is 7.82 Å². The molecule has 0 aromatic rings. The summed E-state index contributed by atoms with van der Waals surface area (Å²) in [6, 6.07) is -0.902. The third-order valence-electron chi connectivity index (χ3n) is 7.25. The summed E-state index contributed by atoms with van der Waals surface area (Å²) in [4.78, 5) is 22.9. The SMILES string of the molecule is CC/C=C\C/C=C\C/C=C\C/C=C\C/C=C\CCCC(=O)NC(COP(=O)(O)OCC[N+](C)(C)C)C(O)/C=C/CC/C=C/CC/C=C/CCC. The van der Waals surface area contributed by atoms with Gasteiger partial charge in [0.05, 0.1) is 39.9 Å². The van der Waals surface area contributed by atoms with Gasteiger partial charge >= 0.3 is 7.82 Å². The molecule has 9 heteroatoms. The molecule has 0 spiro atoms. The zero-order chi connectivity index (χ0) is 37.2. The highest BCUT2D eigenvalue weighted by molar-refractivity contribution is 7.47. The number of carbonyl (C=O) groups is 1. The molecule has 50 heavy (non-hydrogen) atoms. The van der Waals surface area contributed by atoms with Gasteiger partial charge in [-0.3, -0.25) is 13.8 Å². The highest BCUT2D eigenvalue weighted by Crippen LogP contribution is 2.43. The van der Waals surface area contributed by atoms with E-state index in [9.17, 15) is 19.4 Å². The average Bonchev–Trinajstić information content (AvgIpc) is 3.06. The molecule has 0 rings (SSSR count). The van der Waals surface area contributed by atoms with Crippen molar-refractivity contribution in [3.8, 4) is 0 Å². The molecular weight excluding hydrogens is 647 g/mol. The number of nitrogens with one attached hydrogen (secondary N) is 1. The molecule has 0 aromatic heterocycles. The van der Waals surface area contributed by atoms with E-state index in [1.165, 1.54) is 0 Å². The molecule has 3 unspecified atom stereocenters. The Morgan fingerprint density at radius 2 is 1.18 bits per heavy atom. The highest BCUT2D eigenvalue weighted by atomic mass is 31.2. The quantitative estimate of drug-likeness (QED) is 0.0286. The third kappa shape index (κ3) is 33.9. The predicted molar refractivity (Wildman–Crippen MR) is 212 cm³/mol. The standard InChI is InChI=1S/C41H69N2O6P/c1-6-8-10-12-14-16-18-19-20-21-22-23-25-27-29-31-33-35-41(45)42-39(38-49-50(46,47)48-37-36-43(3,4)5)40(44)34-32-30-28-26-24-17-15-13-11-9-7-2/h8,10-11,13-14,16,19-20,22-24,26-27,29,32,34,39-40,44H,6-7,9,12,15,17-18,21,25,28,30-31,33,35-38H2,1-5H3,(H-,42,45,46,47)/p+1/b10-8-,13-11+,16-14-,20-19-,23-22-,26-24+,29-27-,34-32+. The van der Waals surface area contributed by atoms with Gasteiger partial charge in [0.25, 0.3) is 0 Å². The zero-order valence-corrected chi connectivity index (χ0v) is 32.7. The highest BCUT2D eigenvalue weighted by Gasteiger charge is 2.27. The maximum atomic E-state index is 12.8. The van der Waals surface area contributed by atoms with Crippen LogP contribution in [0, 0.1) is 0 Å². The Morgan fingerprint density at radius 3 is 1.70 bits per heavy atom. The van der Waals surface area contributed by atoms with Gasteiger partial charge in [0.15, 0.2) is 0 Å². The van der Waals surface area contributed by atoms with Gasteiger partial charge < -0.3 is 19.8 Å². The van der Waals surface area contributed by atoms with E-state index in [1.807, 2.05) is 27.2 Å². The molecule has 0 radical (unpaired) electrons. The van der Waals surface area contributed by atoms with E-state index >= 15 is 0 Å². The Morgan fingerprint density at radius 1 is 0.700 bits per heavy atom. The van der Waals surface area contributed by atoms with Crippen LogP contribution in [0.4, 0.5) is 0 Å². The lowest BCUT2D eigenvalue weighted by molar-refractivity contribution is -0.870. The number of quaternary nitrogens is 1. The van der Waals surface area contributed by atoms with E-state index in [2.05, 4.69) is 104 Å². The molecular formula is C41H70N2O6P+. The van der Waals surface area contributed by atoms with Crippen LogP contribution in [0.3, 0.4) is 0 Å². The summed E-state index contributed by atoms with van der Waals surface area (Å²) in [7, 11) is 1.48. The molecule has 1 amide bonds. The topological polar surface area (TPSA) is 105 Å². The van der Waals surface area contributed by atoms with Crippen LogP contribution in [0.2, 0.25) is 0 Å². The average molecular weight is 718 g/mol. The first kappa shape index (κ1) is 47.4. The number of aliphatic hydroxyl groups is 1. The molecule has 0 aromatic carbocycles. The number of phosphoric ester groups is 1. The number of hydrogen-bond acceptors (Lipinski definition) is 5. The van der Waals surface area contributed by atoms with Crippen LogP contribution < -0.4 is 5.32 Å². The maximum absolute atomic E-state index is 12.8. The molecule has 3 atom stereocenters. The summed E-state index contributed by atoms with van der Waals surface area (Å²) in [5, 5.41) is 13.6. The van der Waals surface area contributed by atoms with Gasteiger partial charge in [-0.25, -0.2) is 4.57 Å². The largest absolute Gasteiger partial charge is 0.472 e. The molecule has 0 bridgehead atoms. The number of carbonyl (C=O) groups excluding carboxylic acids is 1. The van der Waals surface area contributed by atoms with E-state index in [0.717, 1.165) is 77.0 Å². The first-order valence-electron chi connectivity index (χ1n) is 18.6. The minimum absolute atomic E-state index is 0.0368. The van der Waals surface area contributed by atoms with Crippen LogP contribution in [0.1, 0.15) is 104 Å². The van der Waals surface area contributed by atoms with Crippen molar-refractivity contribution in [2.75, 3.05) is 40.9 Å². The molecule has 0 aliphatic rings. The van der Waals surface area contributed by atoms with E-state index in [4.69, 9.17) is 9.05 Å². The van der Waals surface area contributed by atoms with E-state index in [0.29, 0.717) is 17.4 Å². The van der Waals surface area contributed by atoms with Crippen LogP contribution in [0.25, 0.3) is 0 Å². The molecule has 284 valence electrons. The smallest absolute Gasteiger partial charge is 0.387 e. The van der Waals surface area contributed by atoms with Crippen molar-refractivity contribution in [3.05, 3.63) is 97.2 Å². The van der Waals surface area contributed by atoms with E-state index in [1.54, 1.807) is 6.08 Å². The van der Waals surface area contributed by atoms with Gasteiger partial charge in [-0.2, -0.15) is 0 Å². The zero-order valence-electron chi connectivity index (χ0n) is 31.8. The van der Waals surface area contributed by atoms with Crippen LogP contribution in [-0.4, -0.2) is 73.4 Å². The van der Waals surface area contributed by atoms with Crippen molar-refractivity contribution < 1.29 is 32.9 Å². The monoisotopic (exact) mass is 717 g/mol. The Balaban J connectivity index is 4.72. The van der Waals surface area contributed by atoms with Gasteiger partial charge in [-0.05, 0) is 77.0 Å². The Bertz CT molecular complexity index is 1130. The number of phosphoric acid groups is 1. The number of unbranched alkanes of at least 4 members (excludes halogenated alkanes) is 4. The fourth-order valence-electron chi connectivity index (χ4n) is 4.29. The van der Waals surface area contributed by atoms with Gasteiger partial charge in [-0.1, -0.05) is 117 Å². The molecule has 0 aliphatic carbocycles. The van der Waals surface area contributed by atoms with Crippen molar-refractivity contribution >= 4 is 13.7 Å². The van der Waals surface area contributed by atoms with Gasteiger partial charge in [0.1, 0.15) is 13.2 Å². The molecule has 8 nitrogen and oxygen atoms in total. The molecule has 0 fully saturated rings. The first-order valence-corrected chi connectivity index (χ1v) is 20.1. The lowest BCUT2D eigenvalue weighted by Gasteiger charge is -2.25. The van der Waals surface area contributed by atoms with Crippen molar-refractivity contribution in [2.45, 2.75) is 116 Å². The third-order valence-corrected chi connectivity index (χ3v) is 8.23. The van der Waals surface area contributed by atoms with E-state index < -0.39 is 20.0 Å².